The van der Waals surface area contributed by atoms with Gasteiger partial charge >= 0.3 is 0 Å². The number of piperidine rings is 1. The van der Waals surface area contributed by atoms with Gasteiger partial charge in [-0.2, -0.15) is 0 Å². The first kappa shape index (κ1) is 21.8. The highest BCUT2D eigenvalue weighted by atomic mass is 16.5. The molecule has 2 aromatic rings. The Morgan fingerprint density at radius 1 is 1.26 bits per heavy atom. The number of nitrogens with zero attached hydrogens (tertiary/aromatic N) is 3. The predicted octanol–water partition coefficient (Wildman–Crippen LogP) is 3.16. The number of hydrogen-bond donors (Lipinski definition) is 2. The molecule has 2 aliphatic heterocycles. The summed E-state index contributed by atoms with van der Waals surface area (Å²) >= 11 is 0. The summed E-state index contributed by atoms with van der Waals surface area (Å²) < 4.78 is 11.4. The zero-order chi connectivity index (χ0) is 21.7. The van der Waals surface area contributed by atoms with Crippen LogP contribution in [0.2, 0.25) is 0 Å². The number of ether oxygens (including phenoxy) is 2. The monoisotopic (exact) mass is 426 g/mol. The van der Waals surface area contributed by atoms with E-state index in [0.29, 0.717) is 5.92 Å². The van der Waals surface area contributed by atoms with Crippen molar-refractivity contribution < 1.29 is 14.6 Å². The molecule has 7 nitrogen and oxygen atoms in total. The van der Waals surface area contributed by atoms with Crippen LogP contribution in [0, 0.1) is 12.8 Å². The second-order valence-corrected chi connectivity index (χ2v) is 8.85. The first-order valence-electron chi connectivity index (χ1n) is 11.3. The maximum Gasteiger partial charge on any atom is 0.134 e. The van der Waals surface area contributed by atoms with Gasteiger partial charge in [0.05, 0.1) is 7.11 Å². The number of benzene rings is 1. The largest absolute Gasteiger partial charge is 0.496 e. The molecule has 168 valence electrons. The third-order valence-corrected chi connectivity index (χ3v) is 6.74. The van der Waals surface area contributed by atoms with Gasteiger partial charge in [0.2, 0.25) is 0 Å². The lowest BCUT2D eigenvalue weighted by Gasteiger charge is -2.39. The lowest BCUT2D eigenvalue weighted by atomic mass is 9.73. The smallest absolute Gasteiger partial charge is 0.134 e. The van der Waals surface area contributed by atoms with E-state index in [1.807, 2.05) is 6.07 Å². The van der Waals surface area contributed by atoms with Crippen LogP contribution in [0.1, 0.15) is 36.8 Å². The molecule has 4 rings (SSSR count). The van der Waals surface area contributed by atoms with Gasteiger partial charge in [0, 0.05) is 56.5 Å². The van der Waals surface area contributed by atoms with E-state index in [2.05, 4.69) is 45.3 Å². The van der Waals surface area contributed by atoms with Crippen molar-refractivity contribution in [3.05, 3.63) is 41.7 Å². The van der Waals surface area contributed by atoms with Crippen LogP contribution in [0.25, 0.3) is 0 Å². The second kappa shape index (κ2) is 9.83. The number of aryl methyl sites for hydroxylation is 1. The molecule has 2 aliphatic rings. The normalized spacial score (nSPS) is 21.0. The topological polar surface area (TPSA) is 79.7 Å². The third kappa shape index (κ3) is 4.93. The molecule has 3 heterocycles. The molecular weight excluding hydrogens is 392 g/mol. The van der Waals surface area contributed by atoms with Crippen molar-refractivity contribution in [2.75, 3.05) is 56.8 Å². The third-order valence-electron chi connectivity index (χ3n) is 6.74. The minimum Gasteiger partial charge on any atom is -0.496 e. The van der Waals surface area contributed by atoms with Gasteiger partial charge < -0.3 is 24.8 Å². The Kier molecular flexibility index (Phi) is 6.92. The minimum atomic E-state index is -0.0756. The maximum absolute atomic E-state index is 9.55. The van der Waals surface area contributed by atoms with Crippen LogP contribution < -0.4 is 15.0 Å². The quantitative estimate of drug-likeness (QED) is 0.704. The highest BCUT2D eigenvalue weighted by Gasteiger charge is 2.37. The van der Waals surface area contributed by atoms with Gasteiger partial charge in [-0.15, -0.1) is 0 Å². The van der Waals surface area contributed by atoms with Crippen LogP contribution in [0.15, 0.2) is 30.6 Å². The highest BCUT2D eigenvalue weighted by Crippen LogP contribution is 2.40. The minimum absolute atomic E-state index is 0.0756. The summed E-state index contributed by atoms with van der Waals surface area (Å²) in [5.41, 5.74) is 2.39. The summed E-state index contributed by atoms with van der Waals surface area (Å²) in [6.45, 7) is 6.40. The van der Waals surface area contributed by atoms with E-state index in [4.69, 9.17) is 9.47 Å². The number of aliphatic hydroxyl groups excluding tert-OH is 1. The average Bonchev–Trinajstić information content (AvgIpc) is 2.83. The van der Waals surface area contributed by atoms with Crippen LogP contribution in [0.4, 0.5) is 11.6 Å². The molecule has 0 bridgehead atoms. The molecule has 7 heteroatoms. The second-order valence-electron chi connectivity index (χ2n) is 8.85. The number of aliphatic hydroxyl groups is 1. The van der Waals surface area contributed by atoms with Crippen LogP contribution in [-0.4, -0.2) is 61.6 Å². The number of methoxy groups -OCH3 is 1. The Balaban J connectivity index is 1.54. The Hall–Kier alpha value is -2.38. The van der Waals surface area contributed by atoms with E-state index in [9.17, 15) is 5.11 Å². The van der Waals surface area contributed by atoms with Crippen molar-refractivity contribution in [3.8, 4) is 5.75 Å². The lowest BCUT2D eigenvalue weighted by molar-refractivity contribution is 0.0535. The Morgan fingerprint density at radius 3 is 2.87 bits per heavy atom. The lowest BCUT2D eigenvalue weighted by Crippen LogP contribution is -2.40. The molecule has 1 atom stereocenters. The van der Waals surface area contributed by atoms with E-state index < -0.39 is 0 Å². The summed E-state index contributed by atoms with van der Waals surface area (Å²) in [6.07, 6.45) is 5.65. The molecule has 1 aromatic carbocycles. The van der Waals surface area contributed by atoms with Gasteiger partial charge in [0.1, 0.15) is 23.7 Å². The highest BCUT2D eigenvalue weighted by molar-refractivity contribution is 5.50. The zero-order valence-corrected chi connectivity index (χ0v) is 18.6. The molecule has 1 aromatic heterocycles. The molecule has 0 saturated carbocycles. The standard InChI is InChI=1S/C24H34N4O3/c1-18-5-6-21(30-2)20(12-18)24(7-10-31-11-8-24)16-25-22-13-23(27-17-26-22)28-9-3-4-19(14-28)15-29/h5-6,12-13,17,19,29H,3-4,7-11,14-16H2,1-2H3,(H,25,26,27). The maximum atomic E-state index is 9.55. The van der Waals surface area contributed by atoms with Gasteiger partial charge in [-0.25, -0.2) is 9.97 Å². The van der Waals surface area contributed by atoms with Gasteiger partial charge in [0.15, 0.2) is 0 Å². The van der Waals surface area contributed by atoms with Crippen molar-refractivity contribution >= 4 is 11.6 Å². The fourth-order valence-electron chi connectivity index (χ4n) is 4.84. The van der Waals surface area contributed by atoms with Gasteiger partial charge in [-0.3, -0.25) is 0 Å². The Bertz CT molecular complexity index is 870. The summed E-state index contributed by atoms with van der Waals surface area (Å²) in [6, 6.07) is 8.44. The average molecular weight is 427 g/mol. The van der Waals surface area contributed by atoms with E-state index in [1.165, 1.54) is 11.1 Å². The molecule has 2 saturated heterocycles. The first-order chi connectivity index (χ1) is 15.1. The fourth-order valence-corrected chi connectivity index (χ4v) is 4.84. The number of aromatic nitrogens is 2. The van der Waals surface area contributed by atoms with E-state index in [0.717, 1.165) is 75.9 Å². The molecule has 2 fully saturated rings. The van der Waals surface area contributed by atoms with E-state index in [-0.39, 0.29) is 12.0 Å². The summed E-state index contributed by atoms with van der Waals surface area (Å²) in [4.78, 5) is 11.2. The van der Waals surface area contributed by atoms with Crippen LogP contribution in [0.5, 0.6) is 5.75 Å². The van der Waals surface area contributed by atoms with Crippen molar-refractivity contribution in [1.29, 1.82) is 0 Å². The molecule has 31 heavy (non-hydrogen) atoms. The fraction of sp³-hybridized carbons (Fsp3) is 0.583. The molecule has 0 aliphatic carbocycles. The molecule has 0 radical (unpaired) electrons. The van der Waals surface area contributed by atoms with Crippen molar-refractivity contribution in [3.63, 3.8) is 0 Å². The number of rotatable bonds is 7. The van der Waals surface area contributed by atoms with Crippen LogP contribution in [-0.2, 0) is 10.2 Å². The summed E-state index contributed by atoms with van der Waals surface area (Å²) in [5.74, 6) is 3.00. The molecule has 0 spiro atoms. The summed E-state index contributed by atoms with van der Waals surface area (Å²) in [5, 5.41) is 13.1. The van der Waals surface area contributed by atoms with Gasteiger partial charge in [0.25, 0.3) is 0 Å². The Labute approximate surface area is 184 Å². The SMILES string of the molecule is COc1ccc(C)cc1C1(CNc2cc(N3CCCC(CO)C3)ncn2)CCOCC1. The Morgan fingerprint density at radius 2 is 2.10 bits per heavy atom. The van der Waals surface area contributed by atoms with Crippen LogP contribution in [0.3, 0.4) is 0 Å². The molecular formula is C24H34N4O3. The van der Waals surface area contributed by atoms with E-state index in [1.54, 1.807) is 13.4 Å². The van der Waals surface area contributed by atoms with Crippen molar-refractivity contribution in [1.82, 2.24) is 9.97 Å². The zero-order valence-electron chi connectivity index (χ0n) is 18.6. The van der Waals surface area contributed by atoms with Crippen molar-refractivity contribution in [2.45, 2.75) is 38.0 Å². The molecule has 2 N–H and O–H groups in total. The van der Waals surface area contributed by atoms with Crippen molar-refractivity contribution in [2.24, 2.45) is 5.92 Å². The van der Waals surface area contributed by atoms with Crippen LogP contribution >= 0.6 is 0 Å². The number of nitrogens with one attached hydrogen (secondary N) is 1. The molecule has 1 unspecified atom stereocenters. The number of hydrogen-bond acceptors (Lipinski definition) is 7. The molecule has 0 amide bonds. The number of anilines is 2. The predicted molar refractivity (Wildman–Crippen MR) is 122 cm³/mol. The van der Waals surface area contributed by atoms with E-state index >= 15 is 0 Å². The first-order valence-corrected chi connectivity index (χ1v) is 11.3. The van der Waals surface area contributed by atoms with Gasteiger partial charge in [-0.05, 0) is 44.6 Å². The van der Waals surface area contributed by atoms with Gasteiger partial charge in [-0.1, -0.05) is 17.7 Å². The summed E-state index contributed by atoms with van der Waals surface area (Å²) in [7, 11) is 1.74.